The highest BCUT2D eigenvalue weighted by Crippen LogP contribution is 2.20. The lowest BCUT2D eigenvalue weighted by molar-refractivity contribution is 0.0952. The topological polar surface area (TPSA) is 64.0 Å². The van der Waals surface area contributed by atoms with Gasteiger partial charge in [-0.3, -0.25) is 14.2 Å². The molecular weight excluding hydrogens is 370 g/mol. The molecule has 1 amide bonds. The molecule has 1 aromatic heterocycles. The molecule has 0 bridgehead atoms. The molecule has 0 aliphatic carbocycles. The van der Waals surface area contributed by atoms with Crippen molar-refractivity contribution in [2.24, 2.45) is 0 Å². The van der Waals surface area contributed by atoms with Crippen LogP contribution in [0.4, 0.5) is 0 Å². The number of aryl methyl sites for hydroxylation is 1. The Kier molecular flexibility index (Phi) is 5.74. The minimum Gasteiger partial charge on any atom is -0.350 e. The Hall–Kier alpha value is -1.66. The number of hydrogen-bond acceptors (Lipinski definition) is 3. The number of benzene rings is 1. The van der Waals surface area contributed by atoms with Crippen LogP contribution < -0.4 is 10.9 Å². The van der Waals surface area contributed by atoms with Crippen LogP contribution in [0.25, 0.3) is 0 Å². The molecule has 2 aromatic rings. The first kappa shape index (κ1) is 16.7. The van der Waals surface area contributed by atoms with Gasteiger partial charge in [-0.1, -0.05) is 34.5 Å². The monoisotopic (exact) mass is 383 g/mol. The van der Waals surface area contributed by atoms with Gasteiger partial charge in [-0.25, -0.2) is 4.98 Å². The van der Waals surface area contributed by atoms with Gasteiger partial charge in [0.05, 0.1) is 16.9 Å². The van der Waals surface area contributed by atoms with Gasteiger partial charge in [0, 0.05) is 29.3 Å². The van der Waals surface area contributed by atoms with E-state index in [1.165, 1.54) is 17.0 Å². The van der Waals surface area contributed by atoms with Crippen molar-refractivity contribution in [3.05, 3.63) is 61.7 Å². The second-order valence-electron chi connectivity index (χ2n) is 4.65. The third-order valence-corrected chi connectivity index (χ3v) is 3.93. The third kappa shape index (κ3) is 4.18. The van der Waals surface area contributed by atoms with Crippen molar-refractivity contribution in [1.29, 1.82) is 0 Å². The number of hydrogen-bond donors (Lipinski definition) is 1. The summed E-state index contributed by atoms with van der Waals surface area (Å²) in [5.41, 5.74) is 1.02. The van der Waals surface area contributed by atoms with E-state index in [4.69, 9.17) is 11.6 Å². The molecule has 1 N–H and O–H groups in total. The molecule has 0 saturated carbocycles. The van der Waals surface area contributed by atoms with Crippen LogP contribution in [0.2, 0.25) is 5.02 Å². The quantitative estimate of drug-likeness (QED) is 0.862. The Balaban J connectivity index is 1.97. The number of halogens is 2. The number of rotatable bonds is 5. The molecule has 7 heteroatoms. The van der Waals surface area contributed by atoms with Crippen LogP contribution in [0, 0.1) is 0 Å². The zero-order chi connectivity index (χ0) is 16.1. The molecule has 22 heavy (non-hydrogen) atoms. The van der Waals surface area contributed by atoms with E-state index < -0.39 is 0 Å². The Morgan fingerprint density at radius 2 is 2.18 bits per heavy atom. The summed E-state index contributed by atoms with van der Waals surface area (Å²) in [4.78, 5) is 28.1. The summed E-state index contributed by atoms with van der Waals surface area (Å²) in [6, 6.07) is 6.58. The fourth-order valence-electron chi connectivity index (χ4n) is 1.88. The molecule has 0 aliphatic heterocycles. The van der Waals surface area contributed by atoms with Gasteiger partial charge >= 0.3 is 0 Å². The van der Waals surface area contributed by atoms with Gasteiger partial charge in [0.1, 0.15) is 0 Å². The van der Waals surface area contributed by atoms with E-state index in [2.05, 4.69) is 26.2 Å². The second kappa shape index (κ2) is 7.56. The Morgan fingerprint density at radius 1 is 1.41 bits per heavy atom. The Labute approximate surface area is 141 Å². The van der Waals surface area contributed by atoms with Crippen LogP contribution in [0.5, 0.6) is 0 Å². The van der Waals surface area contributed by atoms with Gasteiger partial charge in [0.15, 0.2) is 0 Å². The Morgan fingerprint density at radius 3 is 2.86 bits per heavy atom. The van der Waals surface area contributed by atoms with Gasteiger partial charge in [0.2, 0.25) is 0 Å². The van der Waals surface area contributed by atoms with Gasteiger partial charge < -0.3 is 5.32 Å². The maximum atomic E-state index is 12.1. The molecule has 0 atom stereocenters. The lowest BCUT2D eigenvalue weighted by atomic mass is 10.2. The van der Waals surface area contributed by atoms with Crippen molar-refractivity contribution in [2.75, 3.05) is 6.54 Å². The molecule has 2 rings (SSSR count). The number of amides is 1. The molecule has 0 saturated heterocycles. The fraction of sp³-hybridized carbons (Fsp3) is 0.267. The maximum Gasteiger partial charge on any atom is 0.253 e. The van der Waals surface area contributed by atoms with Crippen molar-refractivity contribution < 1.29 is 4.79 Å². The third-order valence-electron chi connectivity index (χ3n) is 3.11. The molecular formula is C15H15BrClN3O2. The van der Waals surface area contributed by atoms with E-state index in [1.54, 1.807) is 18.2 Å². The number of nitrogens with one attached hydrogen (secondary N) is 1. The standard InChI is InChI=1S/C15H15BrClN3O2/c1-2-11-8-14(21)20(9-19-11)6-5-18-15(22)12-7-10(16)3-4-13(12)17/h3-4,7-9H,2,5-6H2,1H3,(H,18,22). The van der Waals surface area contributed by atoms with Crippen LogP contribution in [0.1, 0.15) is 23.0 Å². The highest BCUT2D eigenvalue weighted by Gasteiger charge is 2.10. The molecule has 0 unspecified atom stereocenters. The first-order chi connectivity index (χ1) is 10.5. The van der Waals surface area contributed by atoms with Crippen LogP contribution in [-0.2, 0) is 13.0 Å². The summed E-state index contributed by atoms with van der Waals surface area (Å²) >= 11 is 9.30. The van der Waals surface area contributed by atoms with Crippen LogP contribution in [0.3, 0.4) is 0 Å². The summed E-state index contributed by atoms with van der Waals surface area (Å²) in [7, 11) is 0. The van der Waals surface area contributed by atoms with Crippen molar-refractivity contribution >= 4 is 33.4 Å². The highest BCUT2D eigenvalue weighted by molar-refractivity contribution is 9.10. The molecule has 0 radical (unpaired) electrons. The van der Waals surface area contributed by atoms with Gasteiger partial charge in [-0.15, -0.1) is 0 Å². The summed E-state index contributed by atoms with van der Waals surface area (Å²) in [6.45, 7) is 2.61. The first-order valence-corrected chi connectivity index (χ1v) is 7.97. The van der Waals surface area contributed by atoms with E-state index in [-0.39, 0.29) is 11.5 Å². The SMILES string of the molecule is CCc1cc(=O)n(CCNC(=O)c2cc(Br)ccc2Cl)cn1. The van der Waals surface area contributed by atoms with E-state index >= 15 is 0 Å². The average Bonchev–Trinajstić information content (AvgIpc) is 2.51. The predicted molar refractivity (Wildman–Crippen MR) is 89.4 cm³/mol. The second-order valence-corrected chi connectivity index (χ2v) is 5.97. The fourth-order valence-corrected chi connectivity index (χ4v) is 2.45. The summed E-state index contributed by atoms with van der Waals surface area (Å²) < 4.78 is 2.24. The van der Waals surface area contributed by atoms with Crippen LogP contribution in [0.15, 0.2) is 39.9 Å². The average molecular weight is 385 g/mol. The zero-order valence-electron chi connectivity index (χ0n) is 12.0. The lowest BCUT2D eigenvalue weighted by Crippen LogP contribution is -2.31. The molecule has 1 aromatic carbocycles. The van der Waals surface area contributed by atoms with Crippen molar-refractivity contribution in [1.82, 2.24) is 14.9 Å². The molecule has 1 heterocycles. The molecule has 116 valence electrons. The zero-order valence-corrected chi connectivity index (χ0v) is 14.3. The largest absolute Gasteiger partial charge is 0.350 e. The van der Waals surface area contributed by atoms with Crippen molar-refractivity contribution in [3.63, 3.8) is 0 Å². The Bertz CT molecular complexity index is 746. The number of carbonyl (C=O) groups excluding carboxylic acids is 1. The van der Waals surface area contributed by atoms with Crippen molar-refractivity contribution in [2.45, 2.75) is 19.9 Å². The van der Waals surface area contributed by atoms with Crippen LogP contribution >= 0.6 is 27.5 Å². The minimum absolute atomic E-state index is 0.124. The van der Waals surface area contributed by atoms with E-state index in [9.17, 15) is 9.59 Å². The van der Waals surface area contributed by atoms with E-state index in [1.807, 2.05) is 6.92 Å². The summed E-state index contributed by atoms with van der Waals surface area (Å²) in [6.07, 6.45) is 2.22. The van der Waals surface area contributed by atoms with E-state index in [0.29, 0.717) is 30.1 Å². The summed E-state index contributed by atoms with van der Waals surface area (Å²) in [5.74, 6) is -0.280. The van der Waals surface area contributed by atoms with Gasteiger partial charge in [-0.05, 0) is 24.6 Å². The van der Waals surface area contributed by atoms with Crippen LogP contribution in [-0.4, -0.2) is 22.0 Å². The lowest BCUT2D eigenvalue weighted by Gasteiger charge is -2.09. The summed E-state index contributed by atoms with van der Waals surface area (Å²) in [5, 5.41) is 3.12. The van der Waals surface area contributed by atoms with E-state index in [0.717, 1.165) is 10.2 Å². The smallest absolute Gasteiger partial charge is 0.253 e. The number of aromatic nitrogens is 2. The molecule has 0 fully saturated rings. The highest BCUT2D eigenvalue weighted by atomic mass is 79.9. The molecule has 0 aliphatic rings. The van der Waals surface area contributed by atoms with Crippen molar-refractivity contribution in [3.8, 4) is 0 Å². The van der Waals surface area contributed by atoms with Gasteiger partial charge in [-0.2, -0.15) is 0 Å². The first-order valence-electron chi connectivity index (χ1n) is 6.80. The predicted octanol–water partition coefficient (Wildman–Crippen LogP) is 2.65. The minimum atomic E-state index is -0.280. The number of carbonyl (C=O) groups is 1. The maximum absolute atomic E-state index is 12.1. The molecule has 5 nitrogen and oxygen atoms in total. The van der Waals surface area contributed by atoms with Gasteiger partial charge in [0.25, 0.3) is 11.5 Å². The normalized spacial score (nSPS) is 10.5. The number of nitrogens with zero attached hydrogens (tertiary/aromatic N) is 2. The molecule has 0 spiro atoms.